The molecule has 0 bridgehead atoms. The number of fused-ring (bicyclic) bond motifs is 4. The van der Waals surface area contributed by atoms with Crippen LogP contribution in [0.15, 0.2) is 132 Å². The molecule has 4 nitrogen and oxygen atoms in total. The van der Waals surface area contributed by atoms with Crippen LogP contribution in [-0.2, 0) is 26.5 Å². The number of hydrogen-bond acceptors (Lipinski definition) is 3. The van der Waals surface area contributed by atoms with E-state index in [4.69, 9.17) is 8.53 Å². The van der Waals surface area contributed by atoms with Crippen molar-refractivity contribution in [2.24, 2.45) is 5.41 Å². The van der Waals surface area contributed by atoms with Crippen molar-refractivity contribution in [2.75, 3.05) is 0 Å². The van der Waals surface area contributed by atoms with E-state index >= 15 is 0 Å². The molecular weight excluding hydrogens is 779 g/mol. The average Bonchev–Trinajstić information content (AvgIpc) is 3.71. The largest absolute Gasteiger partial charge is 0.501 e. The number of hydrogen-bond donors (Lipinski definition) is 0. The Balaban J connectivity index is 0.000000198. The van der Waals surface area contributed by atoms with Crippen LogP contribution in [0.2, 0.25) is 0 Å². The first kappa shape index (κ1) is 30.2. The van der Waals surface area contributed by atoms with E-state index in [0.29, 0.717) is 5.56 Å². The van der Waals surface area contributed by atoms with Gasteiger partial charge in [-0.05, 0) is 72.3 Å². The molecular formula is C44H39IrN3O-2. The molecule has 0 aliphatic carbocycles. The van der Waals surface area contributed by atoms with Gasteiger partial charge in [0.25, 0.3) is 0 Å². The summed E-state index contributed by atoms with van der Waals surface area (Å²) in [6.45, 7) is 9.50. The van der Waals surface area contributed by atoms with Crippen LogP contribution < -0.4 is 0 Å². The van der Waals surface area contributed by atoms with Gasteiger partial charge in [0, 0.05) is 40.4 Å². The molecule has 5 aromatic carbocycles. The molecule has 0 saturated carbocycles. The van der Waals surface area contributed by atoms with Crippen molar-refractivity contribution in [2.45, 2.75) is 47.0 Å². The summed E-state index contributed by atoms with van der Waals surface area (Å²) in [4.78, 5) is 9.25. The second-order valence-electron chi connectivity index (χ2n) is 13.1. The molecule has 5 heteroatoms. The summed E-state index contributed by atoms with van der Waals surface area (Å²) < 4.78 is 33.5. The molecule has 247 valence electrons. The number of furan rings is 1. The van der Waals surface area contributed by atoms with Crippen LogP contribution in [0.25, 0.3) is 66.7 Å². The fourth-order valence-electron chi connectivity index (χ4n) is 6.00. The Morgan fingerprint density at radius 1 is 0.816 bits per heavy atom. The maximum absolute atomic E-state index is 8.51. The van der Waals surface area contributed by atoms with Gasteiger partial charge >= 0.3 is 0 Å². The normalized spacial score (nSPS) is 12.9. The first-order valence-electron chi connectivity index (χ1n) is 17.7. The van der Waals surface area contributed by atoms with Gasteiger partial charge in [0.15, 0.2) is 0 Å². The Hall–Kier alpha value is -4.83. The molecule has 8 rings (SSSR count). The molecule has 0 unspecified atom stereocenters. The van der Waals surface area contributed by atoms with Crippen LogP contribution in [0, 0.1) is 17.5 Å². The minimum absolute atomic E-state index is 0. The van der Waals surface area contributed by atoms with Gasteiger partial charge in [-0.2, -0.15) is 0 Å². The number of benzene rings is 5. The van der Waals surface area contributed by atoms with Crippen LogP contribution in [0.3, 0.4) is 0 Å². The quantitative estimate of drug-likeness (QED) is 0.162. The average molecular weight is 821 g/mol. The summed E-state index contributed by atoms with van der Waals surface area (Å²) in [6.07, 6.45) is 0.378. The minimum Gasteiger partial charge on any atom is -0.501 e. The van der Waals surface area contributed by atoms with E-state index in [1.165, 1.54) is 0 Å². The molecule has 8 aromatic rings. The molecule has 0 aliphatic rings. The number of para-hydroxylation sites is 3. The van der Waals surface area contributed by atoms with E-state index in [2.05, 4.69) is 28.2 Å². The first-order valence-corrected chi connectivity index (χ1v) is 16.2. The van der Waals surface area contributed by atoms with Crippen molar-refractivity contribution < 1.29 is 28.6 Å². The maximum atomic E-state index is 8.51. The fraction of sp³-hybridized carbons (Fsp3) is 0.182. The SMILES string of the molecule is [2H]C(C)(C)n1c(-c2[c-]cccc2)nc2ccccc21.[2H]C([2H])(c1ccc(-c2ccnc(-c3[c-]ccc4c3oc3ccccc34)c2)cc1)C(C)(C)C.[Ir]. The molecule has 0 saturated heterocycles. The van der Waals surface area contributed by atoms with Crippen molar-refractivity contribution in [1.82, 2.24) is 14.5 Å². The van der Waals surface area contributed by atoms with Gasteiger partial charge < -0.3 is 14.0 Å². The smallest absolute Gasteiger partial charge is 0.120 e. The van der Waals surface area contributed by atoms with E-state index in [0.717, 1.165) is 66.7 Å². The monoisotopic (exact) mass is 821 g/mol. The van der Waals surface area contributed by atoms with Crippen LogP contribution in [-0.4, -0.2) is 14.5 Å². The predicted molar refractivity (Wildman–Crippen MR) is 199 cm³/mol. The number of nitrogens with zero attached hydrogens (tertiary/aromatic N) is 3. The van der Waals surface area contributed by atoms with E-state index in [-0.39, 0.29) is 20.1 Å². The van der Waals surface area contributed by atoms with Crippen LogP contribution >= 0.6 is 0 Å². The molecule has 0 spiro atoms. The summed E-state index contributed by atoms with van der Waals surface area (Å²) >= 11 is 0. The molecule has 3 aromatic heterocycles. The van der Waals surface area contributed by atoms with Gasteiger partial charge in [-0.15, -0.1) is 54.1 Å². The topological polar surface area (TPSA) is 43.9 Å². The van der Waals surface area contributed by atoms with Crippen LogP contribution in [0.5, 0.6) is 0 Å². The number of rotatable bonds is 5. The molecule has 0 atom stereocenters. The second-order valence-corrected chi connectivity index (χ2v) is 13.1. The van der Waals surface area contributed by atoms with Crippen molar-refractivity contribution in [1.29, 1.82) is 0 Å². The van der Waals surface area contributed by atoms with Gasteiger partial charge in [0.05, 0.1) is 23.8 Å². The van der Waals surface area contributed by atoms with Crippen molar-refractivity contribution in [3.05, 3.63) is 145 Å². The predicted octanol–water partition coefficient (Wildman–Crippen LogP) is 11.8. The molecule has 0 fully saturated rings. The summed E-state index contributed by atoms with van der Waals surface area (Å²) in [7, 11) is 0. The van der Waals surface area contributed by atoms with Gasteiger partial charge in [0.1, 0.15) is 5.58 Å². The zero-order valence-electron chi connectivity index (χ0n) is 31.2. The van der Waals surface area contributed by atoms with Crippen LogP contribution in [0.4, 0.5) is 0 Å². The standard InChI is InChI=1S/C28H24NO.C16H15N2.Ir/c1-28(2,3)18-19-11-13-20(14-12-19)21-15-16-29-25(17-21)24-9-6-8-23-22-7-4-5-10-26(22)30-27(23)24;1-12(2)18-15-11-7-6-10-14(15)17-16(18)13-8-4-3-5-9-13;/h4-8,10-17H,18H2,1-3H3;3-8,10-12H,1-2H3;/q2*-1;/i18D2;12D;. The summed E-state index contributed by atoms with van der Waals surface area (Å²) in [5.74, 6) is 0.793. The molecule has 49 heavy (non-hydrogen) atoms. The fourth-order valence-corrected chi connectivity index (χ4v) is 6.00. The van der Waals surface area contributed by atoms with Gasteiger partial charge in [-0.25, -0.2) is 0 Å². The van der Waals surface area contributed by atoms with E-state index < -0.39 is 17.8 Å². The number of pyridine rings is 1. The zero-order valence-corrected chi connectivity index (χ0v) is 30.6. The number of aromatic nitrogens is 3. The summed E-state index contributed by atoms with van der Waals surface area (Å²) in [5, 5.41) is 2.13. The molecule has 1 radical (unpaired) electrons. The molecule has 0 amide bonds. The second kappa shape index (κ2) is 14.3. The van der Waals surface area contributed by atoms with Crippen molar-refractivity contribution in [3.8, 4) is 33.8 Å². The summed E-state index contributed by atoms with van der Waals surface area (Å²) in [6, 6.07) is 45.1. The Bertz CT molecular complexity index is 2470. The van der Waals surface area contributed by atoms with Crippen molar-refractivity contribution in [3.63, 3.8) is 0 Å². The minimum atomic E-state index is -1.42. The molecule has 0 N–H and O–H groups in total. The van der Waals surface area contributed by atoms with Crippen molar-refractivity contribution >= 4 is 33.0 Å². The summed E-state index contributed by atoms with van der Waals surface area (Å²) in [5.41, 5.74) is 8.29. The zero-order chi connectivity index (χ0) is 36.0. The third-order valence-corrected chi connectivity index (χ3v) is 8.05. The number of imidazole rings is 1. The van der Waals surface area contributed by atoms with Gasteiger partial charge in [0.2, 0.25) is 0 Å². The third kappa shape index (κ3) is 7.29. The Labute approximate surface area is 306 Å². The van der Waals surface area contributed by atoms with E-state index in [1.807, 2.05) is 154 Å². The molecule has 0 aliphatic heterocycles. The van der Waals surface area contributed by atoms with Crippen LogP contribution in [0.1, 0.15) is 50.3 Å². The first-order chi connectivity index (χ1) is 24.3. The van der Waals surface area contributed by atoms with Gasteiger partial charge in [-0.1, -0.05) is 92.4 Å². The molecule has 3 heterocycles. The Kier molecular flexibility index (Phi) is 8.85. The Morgan fingerprint density at radius 3 is 2.33 bits per heavy atom. The van der Waals surface area contributed by atoms with E-state index in [1.54, 1.807) is 6.20 Å². The van der Waals surface area contributed by atoms with E-state index in [9.17, 15) is 0 Å². The third-order valence-electron chi connectivity index (χ3n) is 8.05. The maximum Gasteiger partial charge on any atom is 0.120 e. The van der Waals surface area contributed by atoms with Gasteiger partial charge in [-0.3, -0.25) is 4.98 Å². The Morgan fingerprint density at radius 2 is 1.57 bits per heavy atom.